The summed E-state index contributed by atoms with van der Waals surface area (Å²) in [7, 11) is 6.77. The van der Waals surface area contributed by atoms with E-state index in [0.29, 0.717) is 25.6 Å². The molecule has 0 N–H and O–H groups in total. The van der Waals surface area contributed by atoms with Gasteiger partial charge >= 0.3 is 5.97 Å². The number of methoxy groups -OCH3 is 3. The van der Waals surface area contributed by atoms with Gasteiger partial charge in [-0.15, -0.1) is 0 Å². The van der Waals surface area contributed by atoms with Crippen LogP contribution >= 0.6 is 0 Å². The first-order chi connectivity index (χ1) is 16.5. The molecule has 1 fully saturated rings. The van der Waals surface area contributed by atoms with Crippen molar-refractivity contribution in [3.63, 3.8) is 0 Å². The molecule has 0 spiro atoms. The molecule has 0 radical (unpaired) electrons. The van der Waals surface area contributed by atoms with E-state index >= 15 is 0 Å². The van der Waals surface area contributed by atoms with E-state index in [4.69, 9.17) is 23.7 Å². The van der Waals surface area contributed by atoms with E-state index < -0.39 is 0 Å². The Morgan fingerprint density at radius 2 is 1.88 bits per heavy atom. The Morgan fingerprint density at radius 1 is 1.09 bits per heavy atom. The van der Waals surface area contributed by atoms with Crippen LogP contribution in [0.1, 0.15) is 28.4 Å². The summed E-state index contributed by atoms with van der Waals surface area (Å²) < 4.78 is 26.7. The first kappa shape index (κ1) is 26.0. The third-order valence-electron chi connectivity index (χ3n) is 6.04. The van der Waals surface area contributed by atoms with Crippen LogP contribution in [0.4, 0.5) is 5.69 Å². The summed E-state index contributed by atoms with van der Waals surface area (Å²) >= 11 is 0. The quantitative estimate of drug-likeness (QED) is 0.250. The van der Waals surface area contributed by atoms with Gasteiger partial charge in [-0.2, -0.15) is 0 Å². The van der Waals surface area contributed by atoms with Crippen molar-refractivity contribution in [2.45, 2.75) is 18.6 Å². The summed E-state index contributed by atoms with van der Waals surface area (Å²) in [5, 5.41) is 0. The second-order valence-corrected chi connectivity index (χ2v) is 8.32. The molecule has 8 heteroatoms. The van der Waals surface area contributed by atoms with Gasteiger partial charge in [0, 0.05) is 46.6 Å². The first-order valence-corrected chi connectivity index (χ1v) is 11.5. The summed E-state index contributed by atoms with van der Waals surface area (Å²) in [6.07, 6.45) is 1.15. The standard InChI is InChI=1S/C26H36N2O6/c1-27(22-10-8-20(9-11-22)26(29)32-4)25(18-28-13-12-24(17-28)34-19-31-3)21-6-5-7-23(16-21)33-15-14-30-2/h5-11,16,24-25H,12-15,17-19H2,1-4H3/t24-,25+/m0/s1. The lowest BCUT2D eigenvalue weighted by molar-refractivity contribution is -0.0671. The number of ether oxygens (including phenoxy) is 5. The minimum absolute atomic E-state index is 0.0659. The Kier molecular flexibility index (Phi) is 10.2. The van der Waals surface area contributed by atoms with Crippen molar-refractivity contribution in [1.29, 1.82) is 0 Å². The van der Waals surface area contributed by atoms with E-state index in [-0.39, 0.29) is 18.1 Å². The van der Waals surface area contributed by atoms with Crippen LogP contribution in [0.15, 0.2) is 48.5 Å². The Labute approximate surface area is 202 Å². The van der Waals surface area contributed by atoms with Gasteiger partial charge in [0.1, 0.15) is 19.1 Å². The number of carbonyl (C=O) groups is 1. The fourth-order valence-electron chi connectivity index (χ4n) is 4.14. The molecule has 0 unspecified atom stereocenters. The smallest absolute Gasteiger partial charge is 0.337 e. The van der Waals surface area contributed by atoms with Crippen LogP contribution in [-0.2, 0) is 18.9 Å². The molecular weight excluding hydrogens is 436 g/mol. The predicted molar refractivity (Wildman–Crippen MR) is 131 cm³/mol. The minimum atomic E-state index is -0.342. The minimum Gasteiger partial charge on any atom is -0.491 e. The van der Waals surface area contributed by atoms with Crippen molar-refractivity contribution in [3.05, 3.63) is 59.7 Å². The Bertz CT molecular complexity index is 891. The number of esters is 1. The molecule has 0 aliphatic carbocycles. The predicted octanol–water partition coefficient (Wildman–Crippen LogP) is 3.37. The van der Waals surface area contributed by atoms with E-state index in [1.165, 1.54) is 7.11 Å². The molecule has 0 aromatic heterocycles. The molecule has 1 saturated heterocycles. The zero-order valence-electron chi connectivity index (χ0n) is 20.6. The zero-order valence-corrected chi connectivity index (χ0v) is 20.6. The second-order valence-electron chi connectivity index (χ2n) is 8.32. The van der Waals surface area contributed by atoms with Gasteiger partial charge in [0.15, 0.2) is 0 Å². The average molecular weight is 473 g/mol. The summed E-state index contributed by atoms with van der Waals surface area (Å²) in [5.41, 5.74) is 2.69. The van der Waals surface area contributed by atoms with Crippen LogP contribution in [0.2, 0.25) is 0 Å². The lowest BCUT2D eigenvalue weighted by Crippen LogP contribution is -2.36. The normalized spacial score (nSPS) is 16.9. The Morgan fingerprint density at radius 3 is 2.59 bits per heavy atom. The third kappa shape index (κ3) is 7.17. The molecular formula is C26H36N2O6. The van der Waals surface area contributed by atoms with Crippen LogP contribution in [0, 0.1) is 0 Å². The molecule has 0 amide bonds. The van der Waals surface area contributed by atoms with E-state index in [1.54, 1.807) is 26.4 Å². The van der Waals surface area contributed by atoms with Crippen LogP contribution in [0.3, 0.4) is 0 Å². The van der Waals surface area contributed by atoms with Crippen molar-refractivity contribution >= 4 is 11.7 Å². The van der Waals surface area contributed by atoms with Gasteiger partial charge in [0.2, 0.25) is 0 Å². The number of benzene rings is 2. The maximum absolute atomic E-state index is 11.8. The average Bonchev–Trinajstić information content (AvgIpc) is 3.33. The van der Waals surface area contributed by atoms with Gasteiger partial charge in [0.05, 0.1) is 31.4 Å². The number of nitrogens with zero attached hydrogens (tertiary/aromatic N) is 2. The highest BCUT2D eigenvalue weighted by Crippen LogP contribution is 2.30. The SMILES string of the molecule is COCCOc1cccc([C@@H](CN2CC[C@H](OCOC)C2)N(C)c2ccc(C(=O)OC)cc2)c1. The first-order valence-electron chi connectivity index (χ1n) is 11.5. The number of rotatable bonds is 13. The Hall–Kier alpha value is -2.65. The van der Waals surface area contributed by atoms with Crippen LogP contribution in [0.5, 0.6) is 5.75 Å². The molecule has 1 aliphatic heterocycles. The van der Waals surface area contributed by atoms with Crippen LogP contribution in [-0.4, -0.2) is 85.0 Å². The van der Waals surface area contributed by atoms with Gasteiger partial charge in [-0.05, 0) is 48.4 Å². The molecule has 1 aliphatic rings. The van der Waals surface area contributed by atoms with Gasteiger partial charge in [-0.25, -0.2) is 4.79 Å². The molecule has 2 atom stereocenters. The maximum Gasteiger partial charge on any atom is 0.337 e. The molecule has 186 valence electrons. The topological polar surface area (TPSA) is 69.7 Å². The lowest BCUT2D eigenvalue weighted by Gasteiger charge is -2.34. The van der Waals surface area contributed by atoms with Crippen molar-refractivity contribution in [2.75, 3.05) is 72.9 Å². The summed E-state index contributed by atoms with van der Waals surface area (Å²) in [6.45, 7) is 4.00. The van der Waals surface area contributed by atoms with E-state index in [2.05, 4.69) is 29.0 Å². The van der Waals surface area contributed by atoms with Gasteiger partial charge < -0.3 is 28.6 Å². The second kappa shape index (κ2) is 13.3. The number of anilines is 1. The molecule has 3 rings (SSSR count). The van der Waals surface area contributed by atoms with Crippen LogP contribution < -0.4 is 9.64 Å². The highest BCUT2D eigenvalue weighted by Gasteiger charge is 2.28. The zero-order chi connectivity index (χ0) is 24.3. The molecule has 34 heavy (non-hydrogen) atoms. The number of hydrogen-bond donors (Lipinski definition) is 0. The number of likely N-dealkylation sites (N-methyl/N-ethyl adjacent to an activating group) is 1. The van der Waals surface area contributed by atoms with E-state index in [1.807, 2.05) is 24.3 Å². The Balaban J connectivity index is 1.80. The summed E-state index contributed by atoms with van der Waals surface area (Å²) in [4.78, 5) is 16.5. The molecule has 2 aromatic carbocycles. The van der Waals surface area contributed by atoms with Gasteiger partial charge in [-0.3, -0.25) is 4.90 Å². The fourth-order valence-corrected chi connectivity index (χ4v) is 4.14. The molecule has 1 heterocycles. The molecule has 0 saturated carbocycles. The van der Waals surface area contributed by atoms with Gasteiger partial charge in [0.25, 0.3) is 0 Å². The molecule has 0 bridgehead atoms. The van der Waals surface area contributed by atoms with Crippen molar-refractivity contribution < 1.29 is 28.5 Å². The van der Waals surface area contributed by atoms with Crippen LogP contribution in [0.25, 0.3) is 0 Å². The van der Waals surface area contributed by atoms with Crippen molar-refractivity contribution in [2.24, 2.45) is 0 Å². The van der Waals surface area contributed by atoms with E-state index in [0.717, 1.165) is 43.1 Å². The number of hydrogen-bond acceptors (Lipinski definition) is 8. The maximum atomic E-state index is 11.8. The largest absolute Gasteiger partial charge is 0.491 e. The van der Waals surface area contributed by atoms with Crippen molar-refractivity contribution in [1.82, 2.24) is 4.90 Å². The van der Waals surface area contributed by atoms with Crippen molar-refractivity contribution in [3.8, 4) is 5.75 Å². The summed E-state index contributed by atoms with van der Waals surface area (Å²) in [5.74, 6) is 0.475. The number of likely N-dealkylation sites (tertiary alicyclic amines) is 1. The van der Waals surface area contributed by atoms with E-state index in [9.17, 15) is 4.79 Å². The number of carbonyl (C=O) groups excluding carboxylic acids is 1. The highest BCUT2D eigenvalue weighted by atomic mass is 16.7. The third-order valence-corrected chi connectivity index (χ3v) is 6.04. The lowest BCUT2D eigenvalue weighted by atomic mass is 10.0. The highest BCUT2D eigenvalue weighted by molar-refractivity contribution is 5.89. The summed E-state index contributed by atoms with van der Waals surface area (Å²) in [6, 6.07) is 15.8. The molecule has 2 aromatic rings. The van der Waals surface area contributed by atoms with Gasteiger partial charge in [-0.1, -0.05) is 12.1 Å². The fraction of sp³-hybridized carbons (Fsp3) is 0.500. The monoisotopic (exact) mass is 472 g/mol. The molecule has 8 nitrogen and oxygen atoms in total.